The van der Waals surface area contributed by atoms with E-state index in [2.05, 4.69) is 15.5 Å². The van der Waals surface area contributed by atoms with Crippen LogP contribution >= 0.6 is 0 Å². The van der Waals surface area contributed by atoms with Crippen LogP contribution in [0, 0.1) is 0 Å². The normalized spacial score (nSPS) is 19.0. The molecule has 2 heterocycles. The van der Waals surface area contributed by atoms with Crippen LogP contribution in [0.3, 0.4) is 0 Å². The highest BCUT2D eigenvalue weighted by Gasteiger charge is 2.20. The summed E-state index contributed by atoms with van der Waals surface area (Å²) in [6.45, 7) is 4.31. The standard InChI is InChI=1S/C12H21N3O3/c1-9(13-10-3-7-17-8-4-10)12-14-11(15-18-12)5-6-16-2/h9-10,13H,3-8H2,1-2H3/t9-/m1/s1. The van der Waals surface area contributed by atoms with Crippen LogP contribution in [0.1, 0.15) is 37.5 Å². The molecule has 6 nitrogen and oxygen atoms in total. The predicted octanol–water partition coefficient (Wildman–Crippen LogP) is 1.09. The minimum Gasteiger partial charge on any atom is -0.384 e. The SMILES string of the molecule is COCCc1noc([C@@H](C)NC2CCOCC2)n1. The van der Waals surface area contributed by atoms with Gasteiger partial charge in [0.15, 0.2) is 5.82 Å². The molecule has 0 saturated carbocycles. The van der Waals surface area contributed by atoms with Crippen molar-refractivity contribution in [2.24, 2.45) is 0 Å². The average molecular weight is 255 g/mol. The minimum absolute atomic E-state index is 0.0805. The number of nitrogens with zero attached hydrogens (tertiary/aromatic N) is 2. The van der Waals surface area contributed by atoms with Gasteiger partial charge in [-0.25, -0.2) is 0 Å². The minimum atomic E-state index is 0.0805. The lowest BCUT2D eigenvalue weighted by Gasteiger charge is -2.25. The third-order valence-corrected chi connectivity index (χ3v) is 3.09. The van der Waals surface area contributed by atoms with Gasteiger partial charge < -0.3 is 19.3 Å². The zero-order valence-electron chi connectivity index (χ0n) is 11.0. The Bertz CT molecular complexity index is 350. The molecule has 1 aliphatic rings. The van der Waals surface area contributed by atoms with E-state index in [0.29, 0.717) is 30.8 Å². The second-order valence-corrected chi connectivity index (χ2v) is 4.57. The maximum absolute atomic E-state index is 5.33. The van der Waals surface area contributed by atoms with Gasteiger partial charge in [-0.3, -0.25) is 0 Å². The van der Waals surface area contributed by atoms with Gasteiger partial charge in [-0.15, -0.1) is 0 Å². The summed E-state index contributed by atoms with van der Waals surface area (Å²) in [5.41, 5.74) is 0. The van der Waals surface area contributed by atoms with E-state index in [-0.39, 0.29) is 6.04 Å². The van der Waals surface area contributed by atoms with Crippen molar-refractivity contribution in [1.29, 1.82) is 0 Å². The van der Waals surface area contributed by atoms with Crippen molar-refractivity contribution < 1.29 is 14.0 Å². The maximum atomic E-state index is 5.33. The lowest BCUT2D eigenvalue weighted by Crippen LogP contribution is -2.36. The molecule has 0 aromatic carbocycles. The van der Waals surface area contributed by atoms with Gasteiger partial charge in [-0.2, -0.15) is 4.98 Å². The average Bonchev–Trinajstić information content (AvgIpc) is 2.86. The summed E-state index contributed by atoms with van der Waals surface area (Å²) in [6, 6.07) is 0.556. The maximum Gasteiger partial charge on any atom is 0.243 e. The molecule has 0 amide bonds. The van der Waals surface area contributed by atoms with Crippen LogP contribution in [0.4, 0.5) is 0 Å². The highest BCUT2D eigenvalue weighted by Crippen LogP contribution is 2.15. The highest BCUT2D eigenvalue weighted by atomic mass is 16.5. The van der Waals surface area contributed by atoms with E-state index in [0.717, 1.165) is 26.1 Å². The summed E-state index contributed by atoms with van der Waals surface area (Å²) in [4.78, 5) is 4.36. The number of hydrogen-bond acceptors (Lipinski definition) is 6. The van der Waals surface area contributed by atoms with Crippen molar-refractivity contribution in [3.63, 3.8) is 0 Å². The van der Waals surface area contributed by atoms with Crippen molar-refractivity contribution in [3.8, 4) is 0 Å². The molecule has 2 rings (SSSR count). The summed E-state index contributed by atoms with van der Waals surface area (Å²) < 4.78 is 15.6. The largest absolute Gasteiger partial charge is 0.384 e. The third kappa shape index (κ3) is 3.76. The third-order valence-electron chi connectivity index (χ3n) is 3.09. The molecule has 1 N–H and O–H groups in total. The number of nitrogens with one attached hydrogen (secondary N) is 1. The van der Waals surface area contributed by atoms with Crippen LogP contribution in [0.15, 0.2) is 4.52 Å². The van der Waals surface area contributed by atoms with Crippen LogP contribution in [0.25, 0.3) is 0 Å². The number of hydrogen-bond donors (Lipinski definition) is 1. The molecule has 0 bridgehead atoms. The summed E-state index contributed by atoms with van der Waals surface area (Å²) in [6.07, 6.45) is 2.76. The van der Waals surface area contributed by atoms with Crippen LogP contribution in [0.2, 0.25) is 0 Å². The fourth-order valence-corrected chi connectivity index (χ4v) is 2.03. The topological polar surface area (TPSA) is 69.4 Å². The van der Waals surface area contributed by atoms with Crippen LogP contribution in [-0.2, 0) is 15.9 Å². The molecule has 18 heavy (non-hydrogen) atoms. The number of ether oxygens (including phenoxy) is 2. The Balaban J connectivity index is 1.83. The van der Waals surface area contributed by atoms with Gasteiger partial charge in [-0.05, 0) is 19.8 Å². The molecule has 0 aliphatic carbocycles. The second-order valence-electron chi connectivity index (χ2n) is 4.57. The van der Waals surface area contributed by atoms with Crippen LogP contribution < -0.4 is 5.32 Å². The summed E-state index contributed by atoms with van der Waals surface area (Å²) in [5.74, 6) is 1.35. The van der Waals surface area contributed by atoms with Crippen molar-refractivity contribution in [3.05, 3.63) is 11.7 Å². The van der Waals surface area contributed by atoms with Crippen molar-refractivity contribution >= 4 is 0 Å². The lowest BCUT2D eigenvalue weighted by atomic mass is 10.1. The van der Waals surface area contributed by atoms with Crippen molar-refractivity contribution in [2.45, 2.75) is 38.3 Å². The Morgan fingerprint density at radius 1 is 1.44 bits per heavy atom. The second kappa shape index (κ2) is 6.82. The summed E-state index contributed by atoms with van der Waals surface area (Å²) in [5, 5.41) is 7.43. The molecule has 1 saturated heterocycles. The van der Waals surface area contributed by atoms with E-state index >= 15 is 0 Å². The molecule has 1 aromatic rings. The van der Waals surface area contributed by atoms with E-state index < -0.39 is 0 Å². The van der Waals surface area contributed by atoms with E-state index in [1.54, 1.807) is 7.11 Å². The molecule has 0 unspecified atom stereocenters. The van der Waals surface area contributed by atoms with E-state index in [1.807, 2.05) is 6.92 Å². The van der Waals surface area contributed by atoms with Gasteiger partial charge >= 0.3 is 0 Å². The lowest BCUT2D eigenvalue weighted by molar-refractivity contribution is 0.0742. The highest BCUT2D eigenvalue weighted by molar-refractivity contribution is 4.92. The zero-order valence-corrected chi connectivity index (χ0v) is 11.0. The Morgan fingerprint density at radius 2 is 2.22 bits per heavy atom. The first-order valence-electron chi connectivity index (χ1n) is 6.45. The van der Waals surface area contributed by atoms with Crippen molar-refractivity contribution in [1.82, 2.24) is 15.5 Å². The van der Waals surface area contributed by atoms with E-state index in [9.17, 15) is 0 Å². The molecule has 0 spiro atoms. The molecule has 1 aromatic heterocycles. The fourth-order valence-electron chi connectivity index (χ4n) is 2.03. The van der Waals surface area contributed by atoms with Gasteiger partial charge in [0, 0.05) is 32.8 Å². The molecule has 1 aliphatic heterocycles. The first-order valence-corrected chi connectivity index (χ1v) is 6.45. The predicted molar refractivity (Wildman–Crippen MR) is 65.3 cm³/mol. The fraction of sp³-hybridized carbons (Fsp3) is 0.833. The monoisotopic (exact) mass is 255 g/mol. The van der Waals surface area contributed by atoms with Gasteiger partial charge in [0.2, 0.25) is 5.89 Å². The van der Waals surface area contributed by atoms with E-state index in [1.165, 1.54) is 0 Å². The summed E-state index contributed by atoms with van der Waals surface area (Å²) >= 11 is 0. The van der Waals surface area contributed by atoms with Crippen LogP contribution in [-0.4, -0.2) is 43.1 Å². The smallest absolute Gasteiger partial charge is 0.243 e. The molecule has 102 valence electrons. The Hall–Kier alpha value is -0.980. The van der Waals surface area contributed by atoms with Gasteiger partial charge in [0.05, 0.1) is 12.6 Å². The quantitative estimate of drug-likeness (QED) is 0.820. The van der Waals surface area contributed by atoms with E-state index in [4.69, 9.17) is 14.0 Å². The van der Waals surface area contributed by atoms with Crippen molar-refractivity contribution in [2.75, 3.05) is 26.9 Å². The number of aromatic nitrogens is 2. The molecular formula is C12H21N3O3. The molecule has 0 radical (unpaired) electrons. The van der Waals surface area contributed by atoms with Gasteiger partial charge in [0.1, 0.15) is 0 Å². The molecular weight excluding hydrogens is 234 g/mol. The number of rotatable bonds is 6. The molecule has 6 heteroatoms. The summed E-state index contributed by atoms with van der Waals surface area (Å²) in [7, 11) is 1.66. The first-order chi connectivity index (χ1) is 8.79. The van der Waals surface area contributed by atoms with Gasteiger partial charge in [-0.1, -0.05) is 5.16 Å². The Morgan fingerprint density at radius 3 is 2.94 bits per heavy atom. The Kier molecular flexibility index (Phi) is 5.10. The number of methoxy groups -OCH3 is 1. The molecule has 1 fully saturated rings. The van der Waals surface area contributed by atoms with Gasteiger partial charge in [0.25, 0.3) is 0 Å². The first kappa shape index (κ1) is 13.5. The zero-order chi connectivity index (χ0) is 12.8. The van der Waals surface area contributed by atoms with Crippen LogP contribution in [0.5, 0.6) is 0 Å². The molecule has 1 atom stereocenters. The Labute approximate surface area is 107 Å².